The lowest BCUT2D eigenvalue weighted by Crippen LogP contribution is -2.25. The van der Waals surface area contributed by atoms with Gasteiger partial charge in [0.25, 0.3) is 5.91 Å². The van der Waals surface area contributed by atoms with Gasteiger partial charge in [0, 0.05) is 39.3 Å². The van der Waals surface area contributed by atoms with Crippen LogP contribution in [0.2, 0.25) is 10.0 Å². The van der Waals surface area contributed by atoms with Crippen LogP contribution in [0.1, 0.15) is 15.9 Å². The van der Waals surface area contributed by atoms with E-state index in [1.807, 2.05) is 72.9 Å². The minimum absolute atomic E-state index is 0.0828. The van der Waals surface area contributed by atoms with E-state index in [1.54, 1.807) is 0 Å². The van der Waals surface area contributed by atoms with Gasteiger partial charge in [-0.3, -0.25) is 4.79 Å². The van der Waals surface area contributed by atoms with Gasteiger partial charge in [-0.15, -0.1) is 0 Å². The molecule has 0 aliphatic heterocycles. The Morgan fingerprint density at radius 3 is 2.21 bits per heavy atom. The molecule has 5 heteroatoms. The number of fused-ring (bicyclic) bond motifs is 1. The molecule has 4 aromatic rings. The summed E-state index contributed by atoms with van der Waals surface area (Å²) in [6.07, 6.45) is 2.70. The number of benzene rings is 3. The molecule has 3 aromatic carbocycles. The van der Waals surface area contributed by atoms with Crippen molar-refractivity contribution in [3.8, 4) is 11.1 Å². The fourth-order valence-corrected chi connectivity index (χ4v) is 3.52. The molecule has 28 heavy (non-hydrogen) atoms. The van der Waals surface area contributed by atoms with E-state index in [9.17, 15) is 4.79 Å². The molecular formula is C23H18Cl2N2O. The largest absolute Gasteiger partial charge is 0.361 e. The van der Waals surface area contributed by atoms with Crippen LogP contribution in [0.15, 0.2) is 72.9 Å². The van der Waals surface area contributed by atoms with E-state index in [0.29, 0.717) is 22.2 Å². The van der Waals surface area contributed by atoms with Crippen molar-refractivity contribution in [2.45, 2.75) is 6.42 Å². The summed E-state index contributed by atoms with van der Waals surface area (Å²) in [5.41, 5.74) is 4.93. The van der Waals surface area contributed by atoms with Crippen molar-refractivity contribution in [3.63, 3.8) is 0 Å². The van der Waals surface area contributed by atoms with Crippen molar-refractivity contribution in [1.29, 1.82) is 0 Å². The molecule has 0 radical (unpaired) electrons. The van der Waals surface area contributed by atoms with Crippen LogP contribution >= 0.6 is 23.2 Å². The smallest absolute Gasteiger partial charge is 0.251 e. The standard InChI is InChI=1S/C23H18Cl2N2O/c24-19-7-5-16(6-8-19)15-1-3-17(4-2-15)23(28)26-12-11-18-14-27-22-10-9-20(25)13-21(18)22/h1-10,13-14,27H,11-12H2,(H,26,28). The van der Waals surface area contributed by atoms with Gasteiger partial charge in [0.15, 0.2) is 0 Å². The maximum absolute atomic E-state index is 12.4. The Morgan fingerprint density at radius 2 is 1.50 bits per heavy atom. The molecule has 0 fully saturated rings. The predicted octanol–water partition coefficient (Wildman–Crippen LogP) is 6.11. The Bertz CT molecular complexity index is 1120. The predicted molar refractivity (Wildman–Crippen MR) is 116 cm³/mol. The van der Waals surface area contributed by atoms with Gasteiger partial charge in [-0.25, -0.2) is 0 Å². The Balaban J connectivity index is 1.38. The zero-order valence-corrected chi connectivity index (χ0v) is 16.5. The second-order valence-electron chi connectivity index (χ2n) is 6.59. The van der Waals surface area contributed by atoms with Crippen molar-refractivity contribution in [2.75, 3.05) is 6.54 Å². The molecule has 0 saturated carbocycles. The number of carbonyl (C=O) groups is 1. The van der Waals surface area contributed by atoms with Gasteiger partial charge in [0.2, 0.25) is 0 Å². The van der Waals surface area contributed by atoms with Crippen molar-refractivity contribution in [2.24, 2.45) is 0 Å². The van der Waals surface area contributed by atoms with E-state index >= 15 is 0 Å². The summed E-state index contributed by atoms with van der Waals surface area (Å²) in [5.74, 6) is -0.0828. The highest BCUT2D eigenvalue weighted by Gasteiger charge is 2.08. The molecule has 0 aliphatic carbocycles. The fraction of sp³-hybridized carbons (Fsp3) is 0.0870. The summed E-state index contributed by atoms with van der Waals surface area (Å²) in [4.78, 5) is 15.7. The lowest BCUT2D eigenvalue weighted by atomic mass is 10.0. The number of rotatable bonds is 5. The molecule has 0 bridgehead atoms. The molecule has 3 nitrogen and oxygen atoms in total. The normalized spacial score (nSPS) is 10.9. The quantitative estimate of drug-likeness (QED) is 0.410. The average molecular weight is 409 g/mol. The van der Waals surface area contributed by atoms with Crippen LogP contribution < -0.4 is 5.32 Å². The molecule has 4 rings (SSSR count). The zero-order chi connectivity index (χ0) is 19.5. The van der Waals surface area contributed by atoms with E-state index in [4.69, 9.17) is 23.2 Å². The highest BCUT2D eigenvalue weighted by molar-refractivity contribution is 6.31. The van der Waals surface area contributed by atoms with E-state index < -0.39 is 0 Å². The SMILES string of the molecule is O=C(NCCc1c[nH]c2ccc(Cl)cc12)c1ccc(-c2ccc(Cl)cc2)cc1. The van der Waals surface area contributed by atoms with Gasteiger partial charge in [0.1, 0.15) is 0 Å². The van der Waals surface area contributed by atoms with Crippen LogP contribution in [0.25, 0.3) is 22.0 Å². The number of amides is 1. The molecule has 1 heterocycles. The number of H-pyrrole nitrogens is 1. The highest BCUT2D eigenvalue weighted by Crippen LogP contribution is 2.23. The summed E-state index contributed by atoms with van der Waals surface area (Å²) >= 11 is 12.0. The highest BCUT2D eigenvalue weighted by atomic mass is 35.5. The first kappa shape index (κ1) is 18.6. The van der Waals surface area contributed by atoms with E-state index in [2.05, 4.69) is 10.3 Å². The Morgan fingerprint density at radius 1 is 0.857 bits per heavy atom. The molecule has 1 amide bonds. The van der Waals surface area contributed by atoms with E-state index in [0.717, 1.165) is 34.0 Å². The van der Waals surface area contributed by atoms with E-state index in [1.165, 1.54) is 0 Å². The topological polar surface area (TPSA) is 44.9 Å². The third kappa shape index (κ3) is 4.06. The zero-order valence-electron chi connectivity index (χ0n) is 15.0. The number of hydrogen-bond donors (Lipinski definition) is 2. The number of nitrogens with one attached hydrogen (secondary N) is 2. The number of hydrogen-bond acceptors (Lipinski definition) is 1. The first-order chi connectivity index (χ1) is 13.6. The Hall–Kier alpha value is -2.75. The average Bonchev–Trinajstić information content (AvgIpc) is 3.11. The molecule has 0 unspecified atom stereocenters. The van der Waals surface area contributed by atoms with Crippen LogP contribution in [0, 0.1) is 0 Å². The molecule has 0 spiro atoms. The number of halogens is 2. The monoisotopic (exact) mass is 408 g/mol. The fourth-order valence-electron chi connectivity index (χ4n) is 3.23. The van der Waals surface area contributed by atoms with Crippen molar-refractivity contribution >= 4 is 40.0 Å². The maximum atomic E-state index is 12.4. The molecule has 0 saturated heterocycles. The minimum Gasteiger partial charge on any atom is -0.361 e. The number of carbonyl (C=O) groups excluding carboxylic acids is 1. The van der Waals surface area contributed by atoms with Gasteiger partial charge in [-0.1, -0.05) is 47.5 Å². The second-order valence-corrected chi connectivity index (χ2v) is 7.47. The maximum Gasteiger partial charge on any atom is 0.251 e. The van der Waals surface area contributed by atoms with Crippen molar-refractivity contribution in [1.82, 2.24) is 10.3 Å². The van der Waals surface area contributed by atoms with Crippen molar-refractivity contribution < 1.29 is 4.79 Å². The summed E-state index contributed by atoms with van der Waals surface area (Å²) in [6.45, 7) is 0.553. The summed E-state index contributed by atoms with van der Waals surface area (Å²) < 4.78 is 0. The van der Waals surface area contributed by atoms with Crippen LogP contribution in [0.3, 0.4) is 0 Å². The molecule has 1 aromatic heterocycles. The van der Waals surface area contributed by atoms with Crippen LogP contribution in [0.5, 0.6) is 0 Å². The first-order valence-electron chi connectivity index (χ1n) is 9.00. The van der Waals surface area contributed by atoms with Crippen LogP contribution in [0.4, 0.5) is 0 Å². The van der Waals surface area contributed by atoms with Gasteiger partial charge >= 0.3 is 0 Å². The summed E-state index contributed by atoms with van der Waals surface area (Å²) in [6, 6.07) is 21.0. The Kier molecular flexibility index (Phi) is 5.38. The number of aromatic amines is 1. The molecule has 2 N–H and O–H groups in total. The van der Waals surface area contributed by atoms with E-state index in [-0.39, 0.29) is 5.91 Å². The van der Waals surface area contributed by atoms with Crippen LogP contribution in [-0.2, 0) is 6.42 Å². The molecule has 0 atom stereocenters. The van der Waals surface area contributed by atoms with Gasteiger partial charge < -0.3 is 10.3 Å². The third-order valence-electron chi connectivity index (χ3n) is 4.73. The Labute approximate surface area is 173 Å². The summed E-state index contributed by atoms with van der Waals surface area (Å²) in [5, 5.41) is 5.48. The van der Waals surface area contributed by atoms with Gasteiger partial charge in [-0.2, -0.15) is 0 Å². The minimum atomic E-state index is -0.0828. The summed E-state index contributed by atoms with van der Waals surface area (Å²) in [7, 11) is 0. The van der Waals surface area contributed by atoms with Gasteiger partial charge in [-0.05, 0) is 65.6 Å². The molecule has 140 valence electrons. The second kappa shape index (κ2) is 8.09. The lowest BCUT2D eigenvalue weighted by molar-refractivity contribution is 0.0954. The van der Waals surface area contributed by atoms with Crippen LogP contribution in [-0.4, -0.2) is 17.4 Å². The number of aromatic nitrogens is 1. The third-order valence-corrected chi connectivity index (χ3v) is 5.22. The van der Waals surface area contributed by atoms with Gasteiger partial charge in [0.05, 0.1) is 0 Å². The molecular weight excluding hydrogens is 391 g/mol. The molecule has 0 aliphatic rings. The lowest BCUT2D eigenvalue weighted by Gasteiger charge is -2.07. The van der Waals surface area contributed by atoms with Crippen molar-refractivity contribution in [3.05, 3.63) is 94.1 Å². The first-order valence-corrected chi connectivity index (χ1v) is 9.75.